The number of rotatable bonds is 4. The number of carbonyl (C=O) groups is 1. The Kier molecular flexibility index (Phi) is 4.22. The van der Waals surface area contributed by atoms with Crippen LogP contribution >= 0.6 is 11.6 Å². The predicted octanol–water partition coefficient (Wildman–Crippen LogP) is 2.64. The second-order valence-corrected chi connectivity index (χ2v) is 5.05. The largest absolute Gasteiger partial charge is 0.273 e. The van der Waals surface area contributed by atoms with Crippen molar-refractivity contribution in [1.82, 2.24) is 5.01 Å². The lowest BCUT2D eigenvalue weighted by molar-refractivity contribution is -0.138. The maximum atomic E-state index is 12.1. The van der Waals surface area contributed by atoms with Gasteiger partial charge in [0.25, 0.3) is 0 Å². The van der Waals surface area contributed by atoms with Crippen molar-refractivity contribution in [3.8, 4) is 0 Å². The van der Waals surface area contributed by atoms with E-state index < -0.39 is 0 Å². The molecule has 0 bridgehead atoms. The molecular weight excluding hydrogens is 224 g/mol. The molecule has 4 heteroatoms. The summed E-state index contributed by atoms with van der Waals surface area (Å²) in [6, 6.07) is 0. The molecule has 3 nitrogen and oxygen atoms in total. The van der Waals surface area contributed by atoms with Crippen molar-refractivity contribution in [3.63, 3.8) is 0 Å². The summed E-state index contributed by atoms with van der Waals surface area (Å²) in [5.41, 5.74) is 0. The normalized spacial score (nSPS) is 29.3. The minimum atomic E-state index is 0.210. The Balaban J connectivity index is 1.92. The van der Waals surface area contributed by atoms with Crippen molar-refractivity contribution in [2.75, 3.05) is 12.4 Å². The minimum absolute atomic E-state index is 0.210. The van der Waals surface area contributed by atoms with Gasteiger partial charge in [0.15, 0.2) is 0 Å². The van der Waals surface area contributed by atoms with E-state index in [1.54, 1.807) is 5.01 Å². The van der Waals surface area contributed by atoms with E-state index in [-0.39, 0.29) is 11.8 Å². The lowest BCUT2D eigenvalue weighted by Crippen LogP contribution is -2.42. The van der Waals surface area contributed by atoms with Crippen molar-refractivity contribution < 1.29 is 4.79 Å². The molecule has 0 aromatic heterocycles. The number of carbonyl (C=O) groups excluding carboxylic acids is 1. The number of amides is 1. The van der Waals surface area contributed by atoms with E-state index in [4.69, 9.17) is 11.6 Å². The van der Waals surface area contributed by atoms with Crippen LogP contribution in [0.15, 0.2) is 5.10 Å². The third-order valence-electron chi connectivity index (χ3n) is 3.54. The van der Waals surface area contributed by atoms with Gasteiger partial charge in [0.05, 0.1) is 0 Å². The molecule has 2 atom stereocenters. The summed E-state index contributed by atoms with van der Waals surface area (Å²) in [7, 11) is 0. The fourth-order valence-corrected chi connectivity index (χ4v) is 2.77. The highest BCUT2D eigenvalue weighted by Gasteiger charge is 2.35. The molecule has 0 aromatic rings. The maximum Gasteiger partial charge on any atom is 0.246 e. The third-order valence-corrected chi connectivity index (χ3v) is 3.81. The Morgan fingerprint density at radius 1 is 1.38 bits per heavy atom. The van der Waals surface area contributed by atoms with E-state index in [2.05, 4.69) is 5.10 Å². The van der Waals surface area contributed by atoms with Gasteiger partial charge in [-0.3, -0.25) is 4.79 Å². The van der Waals surface area contributed by atoms with Gasteiger partial charge in [-0.05, 0) is 25.7 Å². The van der Waals surface area contributed by atoms with Crippen LogP contribution in [-0.4, -0.2) is 29.6 Å². The molecule has 0 radical (unpaired) electrons. The topological polar surface area (TPSA) is 32.7 Å². The number of hydrogen-bond acceptors (Lipinski definition) is 2. The first kappa shape index (κ1) is 11.9. The van der Waals surface area contributed by atoms with Crippen LogP contribution in [0.4, 0.5) is 0 Å². The molecule has 2 aliphatic rings. The second-order valence-electron chi connectivity index (χ2n) is 4.68. The van der Waals surface area contributed by atoms with Crippen LogP contribution in [0.25, 0.3) is 0 Å². The summed E-state index contributed by atoms with van der Waals surface area (Å²) in [6.07, 6.45) is 8.50. The Bertz CT molecular complexity index is 280. The van der Waals surface area contributed by atoms with Gasteiger partial charge in [-0.1, -0.05) is 12.8 Å². The van der Waals surface area contributed by atoms with Crippen LogP contribution < -0.4 is 0 Å². The summed E-state index contributed by atoms with van der Waals surface area (Å²) in [5.74, 6) is 1.52. The third kappa shape index (κ3) is 2.57. The Labute approximate surface area is 102 Å². The van der Waals surface area contributed by atoms with Crippen molar-refractivity contribution in [2.45, 2.75) is 38.5 Å². The lowest BCUT2D eigenvalue weighted by Gasteiger charge is -2.34. The minimum Gasteiger partial charge on any atom is -0.273 e. The zero-order valence-electron chi connectivity index (χ0n) is 9.57. The highest BCUT2D eigenvalue weighted by molar-refractivity contribution is 6.17. The summed E-state index contributed by atoms with van der Waals surface area (Å²) < 4.78 is 0. The van der Waals surface area contributed by atoms with E-state index in [0.29, 0.717) is 11.8 Å². The smallest absolute Gasteiger partial charge is 0.246 e. The number of hydrogen-bond donors (Lipinski definition) is 0. The van der Waals surface area contributed by atoms with Crippen LogP contribution in [0.5, 0.6) is 0 Å². The molecular formula is C12H19ClN2O. The standard InChI is InChI=1S/C12H19ClN2O/c13-7-3-4-8-15-12(16)11-6-2-1-5-10(11)9-14-15/h9-11H,1-8H2/t10-,11+/m1/s1. The van der Waals surface area contributed by atoms with E-state index in [1.165, 1.54) is 12.8 Å². The molecule has 1 fully saturated rings. The SMILES string of the molecule is O=C1[C@H]2CCCC[C@@H]2C=NN1CCCCCl. The first-order valence-electron chi connectivity index (χ1n) is 6.24. The zero-order chi connectivity index (χ0) is 11.4. The van der Waals surface area contributed by atoms with Crippen LogP contribution in [0, 0.1) is 11.8 Å². The van der Waals surface area contributed by atoms with E-state index >= 15 is 0 Å². The first-order chi connectivity index (χ1) is 7.83. The Hall–Kier alpha value is -0.570. The Morgan fingerprint density at radius 3 is 3.00 bits per heavy atom. The molecule has 0 spiro atoms. The van der Waals surface area contributed by atoms with Gasteiger partial charge >= 0.3 is 0 Å². The van der Waals surface area contributed by atoms with Gasteiger partial charge in [0, 0.05) is 30.5 Å². The summed E-state index contributed by atoms with van der Waals surface area (Å²) in [4.78, 5) is 12.1. The van der Waals surface area contributed by atoms with Gasteiger partial charge in [-0.25, -0.2) is 5.01 Å². The number of fused-ring (bicyclic) bond motifs is 1. The molecule has 0 N–H and O–H groups in total. The van der Waals surface area contributed by atoms with Gasteiger partial charge in [-0.15, -0.1) is 11.6 Å². The monoisotopic (exact) mass is 242 g/mol. The molecule has 1 saturated carbocycles. The number of nitrogens with zero attached hydrogens (tertiary/aromatic N) is 2. The summed E-state index contributed by atoms with van der Waals surface area (Å²) in [6.45, 7) is 0.727. The molecule has 90 valence electrons. The van der Waals surface area contributed by atoms with Crippen molar-refractivity contribution >= 4 is 23.7 Å². The van der Waals surface area contributed by atoms with Crippen molar-refractivity contribution in [3.05, 3.63) is 0 Å². The van der Waals surface area contributed by atoms with Crippen molar-refractivity contribution in [2.24, 2.45) is 16.9 Å². The predicted molar refractivity (Wildman–Crippen MR) is 65.6 cm³/mol. The van der Waals surface area contributed by atoms with Crippen LogP contribution in [0.2, 0.25) is 0 Å². The highest BCUT2D eigenvalue weighted by atomic mass is 35.5. The van der Waals surface area contributed by atoms with Gasteiger partial charge in [0.2, 0.25) is 5.91 Å². The van der Waals surface area contributed by atoms with Crippen LogP contribution in [0.1, 0.15) is 38.5 Å². The summed E-state index contributed by atoms with van der Waals surface area (Å²) in [5, 5.41) is 5.93. The van der Waals surface area contributed by atoms with E-state index in [9.17, 15) is 4.79 Å². The molecule has 0 saturated heterocycles. The molecule has 0 aromatic carbocycles. The molecule has 0 unspecified atom stereocenters. The van der Waals surface area contributed by atoms with Gasteiger partial charge < -0.3 is 0 Å². The number of hydrazone groups is 1. The molecule has 1 amide bonds. The maximum absolute atomic E-state index is 12.1. The summed E-state index contributed by atoms with van der Waals surface area (Å²) >= 11 is 5.62. The fraction of sp³-hybridized carbons (Fsp3) is 0.833. The fourth-order valence-electron chi connectivity index (χ4n) is 2.58. The number of alkyl halides is 1. The highest BCUT2D eigenvalue weighted by Crippen LogP contribution is 2.32. The molecule has 1 heterocycles. The average molecular weight is 243 g/mol. The number of halogens is 1. The van der Waals surface area contributed by atoms with Crippen LogP contribution in [0.3, 0.4) is 0 Å². The lowest BCUT2D eigenvalue weighted by atomic mass is 9.78. The van der Waals surface area contributed by atoms with Crippen molar-refractivity contribution in [1.29, 1.82) is 0 Å². The van der Waals surface area contributed by atoms with Gasteiger partial charge in [-0.2, -0.15) is 5.10 Å². The zero-order valence-corrected chi connectivity index (χ0v) is 10.3. The molecule has 1 aliphatic heterocycles. The molecule has 2 rings (SSSR count). The molecule has 16 heavy (non-hydrogen) atoms. The van der Waals surface area contributed by atoms with E-state index in [0.717, 1.165) is 32.2 Å². The molecule has 1 aliphatic carbocycles. The number of unbranched alkanes of at least 4 members (excludes halogenated alkanes) is 1. The van der Waals surface area contributed by atoms with Crippen LogP contribution in [-0.2, 0) is 4.79 Å². The van der Waals surface area contributed by atoms with E-state index in [1.807, 2.05) is 6.21 Å². The Morgan fingerprint density at radius 2 is 2.19 bits per heavy atom. The quantitative estimate of drug-likeness (QED) is 0.551. The average Bonchev–Trinajstić information content (AvgIpc) is 2.33. The first-order valence-corrected chi connectivity index (χ1v) is 6.78. The van der Waals surface area contributed by atoms with Gasteiger partial charge in [0.1, 0.15) is 0 Å². The second kappa shape index (κ2) is 5.67.